The molecule has 1 aromatic rings. The number of carboxylic acid groups (broad SMARTS) is 1. The normalized spacial score (nSPS) is 12.9. The highest BCUT2D eigenvalue weighted by molar-refractivity contribution is 7.89. The van der Waals surface area contributed by atoms with Gasteiger partial charge in [-0.3, -0.25) is 0 Å². The Morgan fingerprint density at radius 2 is 1.61 bits per heavy atom. The summed E-state index contributed by atoms with van der Waals surface area (Å²) in [5.41, 5.74) is 4.14. The second-order valence-corrected chi connectivity index (χ2v) is 10.1. The van der Waals surface area contributed by atoms with Crippen molar-refractivity contribution >= 4 is 16.0 Å². The molecule has 2 aliphatic rings. The van der Waals surface area contributed by atoms with Crippen molar-refractivity contribution in [2.24, 2.45) is 5.92 Å². The van der Waals surface area contributed by atoms with Gasteiger partial charge in [0.15, 0.2) is 0 Å². The smallest absolute Gasteiger partial charge is 0.336 e. The fraction of sp³-hybridized carbons (Fsp3) is 0.320. The third-order valence-corrected chi connectivity index (χ3v) is 7.05. The van der Waals surface area contributed by atoms with Crippen LogP contribution in [0.1, 0.15) is 54.6 Å². The summed E-state index contributed by atoms with van der Waals surface area (Å²) in [7, 11) is -3.53. The third kappa shape index (κ3) is 5.51. The van der Waals surface area contributed by atoms with Crippen LogP contribution in [-0.2, 0) is 16.4 Å². The fourth-order valence-electron chi connectivity index (χ4n) is 3.65. The van der Waals surface area contributed by atoms with E-state index in [-0.39, 0.29) is 10.8 Å². The highest BCUT2D eigenvalue weighted by Gasteiger charge is 2.20. The minimum Gasteiger partial charge on any atom is -0.478 e. The lowest BCUT2D eigenvalue weighted by molar-refractivity contribution is 0.0698. The molecular formula is C25H29NO4S. The predicted molar refractivity (Wildman–Crippen MR) is 123 cm³/mol. The van der Waals surface area contributed by atoms with Gasteiger partial charge in [0.25, 0.3) is 0 Å². The summed E-state index contributed by atoms with van der Waals surface area (Å²) < 4.78 is 27.5. The second-order valence-electron chi connectivity index (χ2n) is 8.35. The topological polar surface area (TPSA) is 83.5 Å². The van der Waals surface area contributed by atoms with Gasteiger partial charge in [0, 0.05) is 6.54 Å². The predicted octanol–water partition coefficient (Wildman–Crippen LogP) is 5.16. The van der Waals surface area contributed by atoms with E-state index in [9.17, 15) is 18.3 Å². The van der Waals surface area contributed by atoms with E-state index in [4.69, 9.17) is 0 Å². The van der Waals surface area contributed by atoms with Gasteiger partial charge in [-0.2, -0.15) is 0 Å². The fourth-order valence-corrected chi connectivity index (χ4v) is 4.83. The van der Waals surface area contributed by atoms with E-state index in [2.05, 4.69) is 24.6 Å². The maximum atomic E-state index is 12.4. The van der Waals surface area contributed by atoms with Gasteiger partial charge in [-0.05, 0) is 65.1 Å². The first-order valence-corrected chi connectivity index (χ1v) is 12.0. The monoisotopic (exact) mass is 439 g/mol. The molecule has 5 nitrogen and oxygen atoms in total. The molecule has 6 heteroatoms. The number of fused-ring (bicyclic) bond motifs is 1. The SMILES string of the molecule is CC(C)c1ccc2c(CC[C@@H](C)CNS(=O)(=O)c3ccccc3)cc(C(=O)O)c-2cc1. The molecule has 0 radical (unpaired) electrons. The van der Waals surface area contributed by atoms with Gasteiger partial charge in [-0.1, -0.05) is 63.2 Å². The van der Waals surface area contributed by atoms with E-state index in [1.807, 2.05) is 25.1 Å². The quantitative estimate of drug-likeness (QED) is 0.482. The maximum absolute atomic E-state index is 12.4. The van der Waals surface area contributed by atoms with E-state index in [1.54, 1.807) is 36.4 Å². The zero-order valence-corrected chi connectivity index (χ0v) is 18.9. The molecule has 1 atom stereocenters. The van der Waals surface area contributed by atoms with E-state index in [0.29, 0.717) is 24.4 Å². The van der Waals surface area contributed by atoms with Gasteiger partial charge in [0.05, 0.1) is 10.5 Å². The van der Waals surface area contributed by atoms with Crippen LogP contribution in [0.4, 0.5) is 0 Å². The zero-order valence-electron chi connectivity index (χ0n) is 18.1. The average Bonchev–Trinajstić information content (AvgIpc) is 2.93. The van der Waals surface area contributed by atoms with Gasteiger partial charge < -0.3 is 5.11 Å². The number of sulfonamides is 1. The molecule has 1 aromatic carbocycles. The van der Waals surface area contributed by atoms with Crippen LogP contribution < -0.4 is 4.72 Å². The molecule has 0 amide bonds. The van der Waals surface area contributed by atoms with E-state index in [1.165, 1.54) is 0 Å². The van der Waals surface area contributed by atoms with E-state index in [0.717, 1.165) is 28.7 Å². The summed E-state index contributed by atoms with van der Waals surface area (Å²) in [6, 6.07) is 18.0. The molecule has 0 saturated heterocycles. The van der Waals surface area contributed by atoms with Crippen molar-refractivity contribution in [3.8, 4) is 11.1 Å². The summed E-state index contributed by atoms with van der Waals surface area (Å²) in [4.78, 5) is 12.0. The Morgan fingerprint density at radius 3 is 2.23 bits per heavy atom. The lowest BCUT2D eigenvalue weighted by Crippen LogP contribution is -2.28. The Morgan fingerprint density at radius 1 is 0.968 bits per heavy atom. The van der Waals surface area contributed by atoms with Gasteiger partial charge in [0.1, 0.15) is 0 Å². The Kier molecular flexibility index (Phi) is 7.13. The van der Waals surface area contributed by atoms with Gasteiger partial charge in [-0.15, -0.1) is 0 Å². The molecule has 0 spiro atoms. The number of aromatic carboxylic acids is 1. The lowest BCUT2D eigenvalue weighted by Gasteiger charge is -2.13. The minimum absolute atomic E-state index is 0.0976. The zero-order chi connectivity index (χ0) is 22.6. The summed E-state index contributed by atoms with van der Waals surface area (Å²) in [5, 5.41) is 9.64. The van der Waals surface area contributed by atoms with Crippen molar-refractivity contribution in [3.63, 3.8) is 0 Å². The van der Waals surface area contributed by atoms with Crippen molar-refractivity contribution < 1.29 is 18.3 Å². The Hall–Kier alpha value is -2.70. The molecule has 164 valence electrons. The first-order valence-electron chi connectivity index (χ1n) is 10.5. The van der Waals surface area contributed by atoms with Crippen LogP contribution in [0.15, 0.2) is 65.6 Å². The summed E-state index contributed by atoms with van der Waals surface area (Å²) in [6.45, 7) is 6.54. The number of benzene rings is 1. The van der Waals surface area contributed by atoms with E-state index >= 15 is 0 Å². The van der Waals surface area contributed by atoms with Crippen LogP contribution in [-0.4, -0.2) is 26.0 Å². The number of nitrogens with one attached hydrogen (secondary N) is 1. The average molecular weight is 440 g/mol. The number of hydrogen-bond acceptors (Lipinski definition) is 3. The summed E-state index contributed by atoms with van der Waals surface area (Å²) in [5.74, 6) is -0.483. The van der Waals surface area contributed by atoms with Crippen LogP contribution >= 0.6 is 0 Å². The molecule has 3 rings (SSSR count). The van der Waals surface area contributed by atoms with Crippen LogP contribution in [0.5, 0.6) is 0 Å². The molecule has 0 unspecified atom stereocenters. The Labute approximate surface area is 184 Å². The molecular weight excluding hydrogens is 410 g/mol. The Balaban J connectivity index is 1.72. The molecule has 2 N–H and O–H groups in total. The first kappa shape index (κ1) is 23.0. The third-order valence-electron chi connectivity index (χ3n) is 5.61. The molecule has 0 fully saturated rings. The standard InChI is InChI=1S/C25H29NO4S/c1-17(2)19-11-13-22-20(15-24(25(27)28)23(22)14-12-19)10-9-18(3)16-26-31(29,30)21-7-5-4-6-8-21/h4-8,11-15,17-18,26H,9-10,16H2,1-3H3,(H,27,28)/t18-/m1/s1. The molecule has 0 heterocycles. The van der Waals surface area contributed by atoms with Crippen LogP contribution in [0, 0.1) is 5.92 Å². The number of hydrogen-bond donors (Lipinski definition) is 2. The second kappa shape index (κ2) is 9.62. The summed E-state index contributed by atoms with van der Waals surface area (Å²) in [6.07, 6.45) is 1.42. The molecule has 0 bridgehead atoms. The highest BCUT2D eigenvalue weighted by atomic mass is 32.2. The van der Waals surface area contributed by atoms with Crippen molar-refractivity contribution in [2.45, 2.75) is 44.4 Å². The first-order chi connectivity index (χ1) is 14.7. The van der Waals surface area contributed by atoms with Gasteiger partial charge in [0.2, 0.25) is 10.0 Å². The van der Waals surface area contributed by atoms with Gasteiger partial charge in [-0.25, -0.2) is 17.9 Å². The van der Waals surface area contributed by atoms with Gasteiger partial charge >= 0.3 is 5.97 Å². The van der Waals surface area contributed by atoms with Crippen molar-refractivity contribution in [1.82, 2.24) is 4.72 Å². The number of aryl methyl sites for hydroxylation is 1. The lowest BCUT2D eigenvalue weighted by atomic mass is 9.99. The van der Waals surface area contributed by atoms with Crippen molar-refractivity contribution in [1.29, 1.82) is 0 Å². The van der Waals surface area contributed by atoms with Crippen molar-refractivity contribution in [3.05, 3.63) is 77.4 Å². The maximum Gasteiger partial charge on any atom is 0.336 e. The molecule has 0 saturated carbocycles. The van der Waals surface area contributed by atoms with Crippen LogP contribution in [0.3, 0.4) is 0 Å². The van der Waals surface area contributed by atoms with Crippen LogP contribution in [0.2, 0.25) is 0 Å². The Bertz CT molecular complexity index is 1120. The molecule has 31 heavy (non-hydrogen) atoms. The molecule has 2 aliphatic carbocycles. The summed E-state index contributed by atoms with van der Waals surface area (Å²) >= 11 is 0. The molecule has 0 aromatic heterocycles. The van der Waals surface area contributed by atoms with E-state index < -0.39 is 16.0 Å². The number of carbonyl (C=O) groups is 1. The number of rotatable bonds is 9. The molecule has 0 aliphatic heterocycles. The highest BCUT2D eigenvalue weighted by Crippen LogP contribution is 2.34. The van der Waals surface area contributed by atoms with Crippen LogP contribution in [0.25, 0.3) is 11.1 Å². The largest absolute Gasteiger partial charge is 0.478 e. The number of carboxylic acids is 1. The minimum atomic E-state index is -3.53. The van der Waals surface area contributed by atoms with Crippen molar-refractivity contribution in [2.75, 3.05) is 6.54 Å².